The number of hydrogen-bond donors (Lipinski definition) is 2. The lowest BCUT2D eigenvalue weighted by molar-refractivity contribution is -0.384. The molecule has 2 atom stereocenters. The molecular weight excluding hydrogens is 276 g/mol. The summed E-state index contributed by atoms with van der Waals surface area (Å²) in [6.45, 7) is -0.388. The monoisotopic (exact) mass is 288 g/mol. The largest absolute Gasteiger partial charge is 0.389 e. The molecule has 104 valence electrons. The Balaban J connectivity index is 2.27. The average molecular weight is 288 g/mol. The van der Waals surface area contributed by atoms with Gasteiger partial charge in [0, 0.05) is 25.2 Å². The first-order valence-electron chi connectivity index (χ1n) is 5.43. The fourth-order valence-electron chi connectivity index (χ4n) is 1.82. The summed E-state index contributed by atoms with van der Waals surface area (Å²) in [5.41, 5.74) is -0.208. The van der Waals surface area contributed by atoms with Gasteiger partial charge in [-0.2, -0.15) is 4.31 Å². The third-order valence-electron chi connectivity index (χ3n) is 2.91. The van der Waals surface area contributed by atoms with E-state index in [2.05, 4.69) is 0 Å². The topological polar surface area (TPSA) is 121 Å². The normalized spacial score (nSPS) is 24.5. The lowest BCUT2D eigenvalue weighted by Crippen LogP contribution is -2.29. The molecule has 2 unspecified atom stereocenters. The smallest absolute Gasteiger partial charge is 0.269 e. The predicted molar refractivity (Wildman–Crippen MR) is 63.9 cm³/mol. The van der Waals surface area contributed by atoms with Crippen LogP contribution in [0.1, 0.15) is 0 Å². The van der Waals surface area contributed by atoms with Gasteiger partial charge in [-0.3, -0.25) is 10.1 Å². The number of benzene rings is 1. The van der Waals surface area contributed by atoms with Crippen molar-refractivity contribution >= 4 is 15.7 Å². The molecule has 0 spiro atoms. The van der Waals surface area contributed by atoms with Crippen molar-refractivity contribution in [1.29, 1.82) is 0 Å². The summed E-state index contributed by atoms with van der Waals surface area (Å²) in [4.78, 5) is 9.75. The summed E-state index contributed by atoms with van der Waals surface area (Å²) in [6.07, 6.45) is -2.24. The van der Waals surface area contributed by atoms with E-state index in [0.29, 0.717) is 0 Å². The highest BCUT2D eigenvalue weighted by molar-refractivity contribution is 7.89. The molecule has 0 aliphatic carbocycles. The van der Waals surface area contributed by atoms with Crippen LogP contribution in [0.15, 0.2) is 29.2 Å². The van der Waals surface area contributed by atoms with Crippen LogP contribution in [0.5, 0.6) is 0 Å². The highest BCUT2D eigenvalue weighted by Gasteiger charge is 2.37. The first-order chi connectivity index (χ1) is 8.82. The summed E-state index contributed by atoms with van der Waals surface area (Å²) in [6, 6.07) is 4.45. The van der Waals surface area contributed by atoms with E-state index < -0.39 is 27.2 Å². The zero-order chi connectivity index (χ0) is 14.2. The van der Waals surface area contributed by atoms with E-state index in [1.54, 1.807) is 0 Å². The van der Waals surface area contributed by atoms with Gasteiger partial charge in [-0.05, 0) is 12.1 Å². The molecule has 1 aliphatic heterocycles. The third kappa shape index (κ3) is 2.59. The highest BCUT2D eigenvalue weighted by atomic mass is 32.2. The second-order valence-corrected chi connectivity index (χ2v) is 6.15. The molecule has 0 bridgehead atoms. The van der Waals surface area contributed by atoms with Gasteiger partial charge in [0.2, 0.25) is 10.0 Å². The van der Waals surface area contributed by atoms with Gasteiger partial charge in [-0.1, -0.05) is 0 Å². The zero-order valence-electron chi connectivity index (χ0n) is 9.71. The summed E-state index contributed by atoms with van der Waals surface area (Å²) in [5, 5.41) is 29.2. The summed E-state index contributed by atoms with van der Waals surface area (Å²) in [7, 11) is -3.86. The van der Waals surface area contributed by atoms with E-state index in [1.807, 2.05) is 0 Å². The number of rotatable bonds is 3. The highest BCUT2D eigenvalue weighted by Crippen LogP contribution is 2.23. The van der Waals surface area contributed by atoms with Gasteiger partial charge in [-0.15, -0.1) is 0 Å². The molecule has 19 heavy (non-hydrogen) atoms. The van der Waals surface area contributed by atoms with Crippen molar-refractivity contribution in [1.82, 2.24) is 4.31 Å². The Kier molecular flexibility index (Phi) is 3.54. The molecular formula is C10H12N2O6S. The standard InChI is InChI=1S/C10H12N2O6S/c13-9-5-11(6-10(9)14)19(17,18)8-3-1-7(2-4-8)12(15)16/h1-4,9-10,13-14H,5-6H2. The minimum absolute atomic E-state index is 0.112. The lowest BCUT2D eigenvalue weighted by Gasteiger charge is -2.15. The maximum Gasteiger partial charge on any atom is 0.269 e. The van der Waals surface area contributed by atoms with Gasteiger partial charge in [0.15, 0.2) is 0 Å². The molecule has 1 heterocycles. The number of nitro benzene ring substituents is 1. The first kappa shape index (κ1) is 13.9. The van der Waals surface area contributed by atoms with E-state index in [9.17, 15) is 28.7 Å². The van der Waals surface area contributed by atoms with Crippen molar-refractivity contribution in [3.8, 4) is 0 Å². The average Bonchev–Trinajstić information content (AvgIpc) is 2.70. The van der Waals surface area contributed by atoms with Crippen LogP contribution in [0.4, 0.5) is 5.69 Å². The lowest BCUT2D eigenvalue weighted by atomic mass is 10.3. The Morgan fingerprint density at radius 3 is 2.05 bits per heavy atom. The fourth-order valence-corrected chi connectivity index (χ4v) is 3.30. The second-order valence-electron chi connectivity index (χ2n) is 4.21. The SMILES string of the molecule is O=[N+]([O-])c1ccc(S(=O)(=O)N2CC(O)C(O)C2)cc1. The van der Waals surface area contributed by atoms with Crippen LogP contribution in [-0.2, 0) is 10.0 Å². The number of sulfonamides is 1. The van der Waals surface area contributed by atoms with Crippen molar-refractivity contribution in [3.05, 3.63) is 34.4 Å². The number of non-ortho nitro benzene ring substituents is 1. The molecule has 0 saturated carbocycles. The zero-order valence-corrected chi connectivity index (χ0v) is 10.5. The molecule has 2 rings (SSSR count). The summed E-state index contributed by atoms with van der Waals surface area (Å²) >= 11 is 0. The van der Waals surface area contributed by atoms with E-state index in [4.69, 9.17) is 0 Å². The molecule has 1 fully saturated rings. The molecule has 9 heteroatoms. The molecule has 0 aromatic heterocycles. The maximum atomic E-state index is 12.1. The van der Waals surface area contributed by atoms with Crippen molar-refractivity contribution < 1.29 is 23.6 Å². The van der Waals surface area contributed by atoms with Crippen LogP contribution in [0.25, 0.3) is 0 Å². The predicted octanol–water partition coefficient (Wildman–Crippen LogP) is -0.679. The van der Waals surface area contributed by atoms with Gasteiger partial charge in [0.25, 0.3) is 5.69 Å². The number of hydrogen-bond acceptors (Lipinski definition) is 6. The van der Waals surface area contributed by atoms with Crippen molar-refractivity contribution in [2.45, 2.75) is 17.1 Å². The Morgan fingerprint density at radius 1 is 1.16 bits per heavy atom. The van der Waals surface area contributed by atoms with E-state index >= 15 is 0 Å². The molecule has 8 nitrogen and oxygen atoms in total. The van der Waals surface area contributed by atoms with E-state index in [0.717, 1.165) is 28.6 Å². The molecule has 2 N–H and O–H groups in total. The van der Waals surface area contributed by atoms with Crippen LogP contribution in [0.3, 0.4) is 0 Å². The number of nitrogens with zero attached hydrogens (tertiary/aromatic N) is 2. The summed E-state index contributed by atoms with van der Waals surface area (Å²) in [5.74, 6) is 0. The van der Waals surface area contributed by atoms with Gasteiger partial charge in [0.05, 0.1) is 22.0 Å². The van der Waals surface area contributed by atoms with Crippen LogP contribution in [0.2, 0.25) is 0 Å². The van der Waals surface area contributed by atoms with Gasteiger partial charge >= 0.3 is 0 Å². The molecule has 0 radical (unpaired) electrons. The molecule has 1 saturated heterocycles. The van der Waals surface area contributed by atoms with Gasteiger partial charge in [0.1, 0.15) is 0 Å². The molecule has 1 aromatic rings. The molecule has 1 aromatic carbocycles. The molecule has 0 amide bonds. The number of β-amino-alcohol motifs (C(OH)–C–C–N with tert-alkyl or cyclic N) is 2. The minimum Gasteiger partial charge on any atom is -0.389 e. The van der Waals surface area contributed by atoms with Crippen molar-refractivity contribution in [2.75, 3.05) is 13.1 Å². The van der Waals surface area contributed by atoms with Crippen LogP contribution in [0, 0.1) is 10.1 Å². The van der Waals surface area contributed by atoms with E-state index in [1.165, 1.54) is 0 Å². The first-order valence-corrected chi connectivity index (χ1v) is 6.87. The van der Waals surface area contributed by atoms with E-state index in [-0.39, 0.29) is 23.7 Å². The van der Waals surface area contributed by atoms with Crippen LogP contribution in [-0.4, -0.2) is 53.2 Å². The Labute approximate surface area is 109 Å². The molecule has 1 aliphatic rings. The Morgan fingerprint density at radius 2 is 1.63 bits per heavy atom. The minimum atomic E-state index is -3.86. The van der Waals surface area contributed by atoms with Crippen LogP contribution < -0.4 is 0 Å². The Bertz CT molecular complexity index is 575. The number of aliphatic hydroxyl groups excluding tert-OH is 2. The van der Waals surface area contributed by atoms with Gasteiger partial charge in [-0.25, -0.2) is 8.42 Å². The number of aliphatic hydroxyl groups is 2. The van der Waals surface area contributed by atoms with Gasteiger partial charge < -0.3 is 10.2 Å². The van der Waals surface area contributed by atoms with Crippen LogP contribution >= 0.6 is 0 Å². The quantitative estimate of drug-likeness (QED) is 0.561. The fraction of sp³-hybridized carbons (Fsp3) is 0.400. The second kappa shape index (κ2) is 4.85. The summed E-state index contributed by atoms with van der Waals surface area (Å²) < 4.78 is 25.2. The number of nitro groups is 1. The van der Waals surface area contributed by atoms with Crippen molar-refractivity contribution in [3.63, 3.8) is 0 Å². The van der Waals surface area contributed by atoms with Crippen molar-refractivity contribution in [2.24, 2.45) is 0 Å². The Hall–Kier alpha value is -1.55. The maximum absolute atomic E-state index is 12.1. The third-order valence-corrected chi connectivity index (χ3v) is 4.76.